The van der Waals surface area contributed by atoms with Gasteiger partial charge < -0.3 is 15.0 Å². The Morgan fingerprint density at radius 2 is 1.74 bits per heavy atom. The number of urea groups is 1. The summed E-state index contributed by atoms with van der Waals surface area (Å²) in [7, 11) is 1.35. The van der Waals surface area contributed by atoms with Crippen LogP contribution in [0.25, 0.3) is 10.9 Å². The van der Waals surface area contributed by atoms with Gasteiger partial charge in [-0.05, 0) is 49.1 Å². The molecular weight excluding hydrogens is 529 g/mol. The largest absolute Gasteiger partial charge is 0.454 e. The summed E-state index contributed by atoms with van der Waals surface area (Å²) in [6, 6.07) is 8.63. The number of hydrogen-bond donors (Lipinski definition) is 2. The van der Waals surface area contributed by atoms with Gasteiger partial charge in [0.15, 0.2) is 17.8 Å². The number of ether oxygens (including phenoxy) is 1. The third-order valence-electron chi connectivity index (χ3n) is 5.65. The van der Waals surface area contributed by atoms with Crippen molar-refractivity contribution in [3.8, 4) is 17.6 Å². The summed E-state index contributed by atoms with van der Waals surface area (Å²) in [6.07, 6.45) is 1.83. The second-order valence-electron chi connectivity index (χ2n) is 8.88. The summed E-state index contributed by atoms with van der Waals surface area (Å²) < 4.78 is 5.84. The highest BCUT2D eigenvalue weighted by atomic mass is 35.5. The molecule has 3 rings (SSSR count). The molecule has 2 N–H and O–H groups in total. The fourth-order valence-corrected chi connectivity index (χ4v) is 3.40. The first kappa shape index (κ1) is 30.4. The molecule has 2 aromatic carbocycles. The van der Waals surface area contributed by atoms with E-state index in [1.54, 1.807) is 30.5 Å². The molecule has 3 aromatic rings. The number of rotatable bonds is 7. The first-order valence-electron chi connectivity index (χ1n) is 11.7. The molecule has 0 saturated carbocycles. The number of carbonyl (C=O) groups excluding carboxylic acids is 3. The van der Waals surface area contributed by atoms with Gasteiger partial charge >= 0.3 is 6.03 Å². The first-order chi connectivity index (χ1) is 17.9. The van der Waals surface area contributed by atoms with Crippen LogP contribution in [0.2, 0.25) is 10.0 Å². The molecule has 11 heteroatoms. The number of anilines is 1. The van der Waals surface area contributed by atoms with Crippen molar-refractivity contribution in [1.82, 2.24) is 10.3 Å². The summed E-state index contributed by atoms with van der Waals surface area (Å²) in [4.78, 5) is 38.0. The van der Waals surface area contributed by atoms with E-state index in [1.165, 1.54) is 26.1 Å². The van der Waals surface area contributed by atoms with Gasteiger partial charge in [0.05, 0.1) is 15.7 Å². The lowest BCUT2D eigenvalue weighted by atomic mass is 10.0. The molecule has 0 unspecified atom stereocenters. The zero-order valence-electron chi connectivity index (χ0n) is 21.9. The van der Waals surface area contributed by atoms with Crippen LogP contribution in [0, 0.1) is 23.2 Å². The molecule has 38 heavy (non-hydrogen) atoms. The van der Waals surface area contributed by atoms with Crippen LogP contribution in [0.4, 0.5) is 10.5 Å². The zero-order valence-corrected chi connectivity index (χ0v) is 23.4. The number of aromatic nitrogens is 1. The highest BCUT2D eigenvalue weighted by molar-refractivity contribution is 6.38. The van der Waals surface area contributed by atoms with E-state index in [9.17, 15) is 14.4 Å². The van der Waals surface area contributed by atoms with Crippen molar-refractivity contribution in [2.75, 3.05) is 12.1 Å². The van der Waals surface area contributed by atoms with E-state index < -0.39 is 11.7 Å². The Kier molecular flexibility index (Phi) is 10.9. The molecule has 0 fully saturated rings. The predicted molar refractivity (Wildman–Crippen MR) is 151 cm³/mol. The van der Waals surface area contributed by atoms with Gasteiger partial charge in [-0.25, -0.2) is 4.79 Å². The lowest BCUT2D eigenvalue weighted by molar-refractivity contribution is -0.102. The summed E-state index contributed by atoms with van der Waals surface area (Å²) in [5.74, 6) is 2.09. The van der Waals surface area contributed by atoms with Crippen LogP contribution in [0.15, 0.2) is 41.6 Å². The van der Waals surface area contributed by atoms with E-state index >= 15 is 0 Å². The van der Waals surface area contributed by atoms with E-state index in [2.05, 4.69) is 43.1 Å². The van der Waals surface area contributed by atoms with Crippen molar-refractivity contribution in [1.29, 1.82) is 5.26 Å². The van der Waals surface area contributed by atoms with Crippen LogP contribution >= 0.6 is 23.2 Å². The molecule has 0 spiro atoms. The van der Waals surface area contributed by atoms with Crippen molar-refractivity contribution < 1.29 is 19.1 Å². The average molecular weight is 558 g/mol. The maximum atomic E-state index is 12.2. The maximum absolute atomic E-state index is 12.2. The van der Waals surface area contributed by atoms with Gasteiger partial charge in [-0.1, -0.05) is 50.9 Å². The lowest BCUT2D eigenvalue weighted by Gasteiger charge is -2.18. The van der Waals surface area contributed by atoms with Crippen molar-refractivity contribution in [3.05, 3.63) is 52.1 Å². The molecule has 0 aliphatic carbocycles. The first-order valence-corrected chi connectivity index (χ1v) is 12.4. The standard InChI is InChI=1S/C21H15Cl2N5O4.C6H14/c1-11(30)16-9-26-19-4-3-14(7-15(16)19)32-20-17(22)5-13(6-18(20)23)28(21(31)25-2)27-12(8-24)10-29;1-5(2)6(3)4/h3-7,9-10,26H,1-2H3,(H,25,31);5-6H,1-4H3/b27-12-;. The number of carbonyl (C=O) groups is 3. The number of aromatic amines is 1. The molecule has 1 heterocycles. The Morgan fingerprint density at radius 1 is 1.13 bits per heavy atom. The van der Waals surface area contributed by atoms with E-state index in [4.69, 9.17) is 33.2 Å². The molecule has 2 amide bonds. The molecule has 0 saturated heterocycles. The number of hydrazone groups is 1. The number of Topliss-reactive ketones (excluding diaryl/α,β-unsaturated/α-hetero) is 1. The third-order valence-corrected chi connectivity index (χ3v) is 6.22. The third kappa shape index (κ3) is 7.57. The zero-order chi connectivity index (χ0) is 28.6. The molecule has 1 aromatic heterocycles. The highest BCUT2D eigenvalue weighted by Crippen LogP contribution is 2.40. The van der Waals surface area contributed by atoms with Crippen molar-refractivity contribution >= 4 is 63.6 Å². The minimum absolute atomic E-state index is 0.0437. The van der Waals surface area contributed by atoms with E-state index in [0.717, 1.165) is 22.4 Å². The van der Waals surface area contributed by atoms with Gasteiger partial charge in [0.2, 0.25) is 5.71 Å². The molecule has 0 aliphatic rings. The van der Waals surface area contributed by atoms with Gasteiger partial charge in [0, 0.05) is 29.7 Å². The molecule has 200 valence electrons. The highest BCUT2D eigenvalue weighted by Gasteiger charge is 2.20. The van der Waals surface area contributed by atoms with Crippen molar-refractivity contribution in [2.24, 2.45) is 16.9 Å². The van der Waals surface area contributed by atoms with Crippen molar-refractivity contribution in [3.63, 3.8) is 0 Å². The fourth-order valence-electron chi connectivity index (χ4n) is 2.84. The number of benzene rings is 2. The Morgan fingerprint density at radius 3 is 2.21 bits per heavy atom. The van der Waals surface area contributed by atoms with E-state index in [-0.39, 0.29) is 33.6 Å². The van der Waals surface area contributed by atoms with Crippen LogP contribution in [0.5, 0.6) is 11.5 Å². The average Bonchev–Trinajstić information content (AvgIpc) is 3.30. The van der Waals surface area contributed by atoms with Crippen LogP contribution in [-0.2, 0) is 4.79 Å². The number of amides is 2. The quantitative estimate of drug-likeness (QED) is 0.140. The number of hydrogen-bond acceptors (Lipinski definition) is 6. The smallest absolute Gasteiger partial charge is 0.342 e. The molecule has 0 bridgehead atoms. The Labute approximate surface area is 231 Å². The maximum Gasteiger partial charge on any atom is 0.342 e. The second kappa shape index (κ2) is 13.6. The minimum Gasteiger partial charge on any atom is -0.454 e. The second-order valence-corrected chi connectivity index (χ2v) is 9.69. The number of nitriles is 1. The lowest BCUT2D eigenvalue weighted by Crippen LogP contribution is -2.35. The minimum atomic E-state index is -0.727. The summed E-state index contributed by atoms with van der Waals surface area (Å²) in [5.41, 5.74) is 0.849. The van der Waals surface area contributed by atoms with Crippen LogP contribution in [0.1, 0.15) is 45.0 Å². The van der Waals surface area contributed by atoms with Gasteiger partial charge in [0.25, 0.3) is 0 Å². The number of halogens is 2. The van der Waals surface area contributed by atoms with Gasteiger partial charge in [0.1, 0.15) is 11.8 Å². The predicted octanol–water partition coefficient (Wildman–Crippen LogP) is 6.99. The summed E-state index contributed by atoms with van der Waals surface area (Å²) >= 11 is 12.7. The van der Waals surface area contributed by atoms with Crippen molar-refractivity contribution in [2.45, 2.75) is 34.6 Å². The number of H-pyrrole nitrogens is 1. The summed E-state index contributed by atoms with van der Waals surface area (Å²) in [6.45, 7) is 10.4. The monoisotopic (exact) mass is 557 g/mol. The molecule has 9 nitrogen and oxygen atoms in total. The topological polar surface area (TPSA) is 128 Å². The van der Waals surface area contributed by atoms with Crippen LogP contribution in [-0.4, -0.2) is 35.8 Å². The number of fused-ring (bicyclic) bond motifs is 1. The van der Waals surface area contributed by atoms with Crippen LogP contribution in [0.3, 0.4) is 0 Å². The molecule has 0 atom stereocenters. The van der Waals surface area contributed by atoms with Gasteiger partial charge in [-0.2, -0.15) is 10.3 Å². The molecule has 0 radical (unpaired) electrons. The number of aldehydes is 1. The van der Waals surface area contributed by atoms with Gasteiger partial charge in [-0.3, -0.25) is 9.59 Å². The Hall–Kier alpha value is -3.87. The van der Waals surface area contributed by atoms with E-state index in [0.29, 0.717) is 16.7 Å². The molecular formula is C27H29Cl2N5O4. The van der Waals surface area contributed by atoms with Crippen LogP contribution < -0.4 is 15.1 Å². The van der Waals surface area contributed by atoms with E-state index in [1.807, 2.05) is 0 Å². The molecule has 0 aliphatic heterocycles. The Bertz CT molecular complexity index is 1380. The van der Waals surface area contributed by atoms with Gasteiger partial charge in [-0.15, -0.1) is 5.10 Å². The Balaban J connectivity index is 0.000000757. The fraction of sp³-hybridized carbons (Fsp3) is 0.296. The number of nitrogens with zero attached hydrogens (tertiary/aromatic N) is 3. The normalized spacial score (nSPS) is 11.0. The number of nitrogens with one attached hydrogen (secondary N) is 2. The summed E-state index contributed by atoms with van der Waals surface area (Å²) in [5, 5.41) is 16.5. The number of ketones is 1. The SMILES string of the molecule is CC(C)C(C)C.CNC(=O)N(/N=C(/C#N)C=O)c1cc(Cl)c(Oc2ccc3[nH]cc(C(C)=O)c3c2)c(Cl)c1.